The third kappa shape index (κ3) is 2.68. The van der Waals surface area contributed by atoms with Gasteiger partial charge in [-0.2, -0.15) is 0 Å². The molecule has 3 aromatic rings. The van der Waals surface area contributed by atoms with Crippen molar-refractivity contribution in [3.8, 4) is 10.6 Å². The quantitative estimate of drug-likeness (QED) is 0.633. The maximum Gasteiger partial charge on any atom is 0.125 e. The normalized spacial score (nSPS) is 10.4. The van der Waals surface area contributed by atoms with Gasteiger partial charge >= 0.3 is 0 Å². The molecule has 0 saturated heterocycles. The van der Waals surface area contributed by atoms with E-state index in [0.29, 0.717) is 0 Å². The number of thiazole rings is 1. The molecular weight excluding hydrogens is 264 g/mol. The fourth-order valence-corrected chi connectivity index (χ4v) is 2.96. The van der Waals surface area contributed by atoms with E-state index in [1.54, 1.807) is 11.3 Å². The lowest BCUT2D eigenvalue weighted by molar-refractivity contribution is 1.11. The molecule has 3 heteroatoms. The minimum absolute atomic E-state index is 0.862. The highest BCUT2D eigenvalue weighted by Gasteiger charge is 2.08. The second-order valence-electron chi connectivity index (χ2n) is 4.48. The fourth-order valence-electron chi connectivity index (χ4n) is 2.11. The number of hydrogen-bond donors (Lipinski definition) is 0. The third-order valence-electron chi connectivity index (χ3n) is 3.08. The van der Waals surface area contributed by atoms with Gasteiger partial charge in [0.1, 0.15) is 5.01 Å². The van der Waals surface area contributed by atoms with Crippen molar-refractivity contribution >= 4 is 23.7 Å². The monoisotopic (exact) mass is 278 g/mol. The summed E-state index contributed by atoms with van der Waals surface area (Å²) in [7, 11) is 0. The first-order valence-electron chi connectivity index (χ1n) is 6.41. The molecule has 0 unspecified atom stereocenters. The number of rotatable bonds is 4. The van der Waals surface area contributed by atoms with Crippen LogP contribution in [0.2, 0.25) is 0 Å². The molecule has 20 heavy (non-hydrogen) atoms. The van der Waals surface area contributed by atoms with Crippen molar-refractivity contribution in [1.82, 2.24) is 4.98 Å². The average Bonchev–Trinajstić information content (AvgIpc) is 2.96. The van der Waals surface area contributed by atoms with Crippen molar-refractivity contribution in [2.45, 2.75) is 6.42 Å². The molecule has 1 aromatic heterocycles. The lowest BCUT2D eigenvalue weighted by Gasteiger charge is -2.00. The van der Waals surface area contributed by atoms with Gasteiger partial charge in [0.25, 0.3) is 0 Å². The molecule has 0 aliphatic heterocycles. The van der Waals surface area contributed by atoms with Gasteiger partial charge in [-0.1, -0.05) is 42.5 Å². The molecule has 0 saturated carbocycles. The smallest absolute Gasteiger partial charge is 0.125 e. The molecule has 0 bridgehead atoms. The van der Waals surface area contributed by atoms with Crippen LogP contribution in [-0.2, 0) is 6.42 Å². The van der Waals surface area contributed by atoms with Gasteiger partial charge < -0.3 is 0 Å². The summed E-state index contributed by atoms with van der Waals surface area (Å²) in [6, 6.07) is 18.3. The molecule has 0 atom stereocenters. The van der Waals surface area contributed by atoms with Crippen molar-refractivity contribution in [1.29, 1.82) is 0 Å². The molecule has 1 heterocycles. The van der Waals surface area contributed by atoms with Crippen LogP contribution in [0, 0.1) is 0 Å². The minimum atomic E-state index is 0.862. The molecule has 0 fully saturated rings. The molecular formula is C17H14N2S. The predicted molar refractivity (Wildman–Crippen MR) is 86.0 cm³/mol. The van der Waals surface area contributed by atoms with Gasteiger partial charge in [-0.25, -0.2) is 4.98 Å². The topological polar surface area (TPSA) is 25.2 Å². The predicted octanol–water partition coefficient (Wildman–Crippen LogP) is 4.73. The molecule has 2 nitrogen and oxygen atoms in total. The van der Waals surface area contributed by atoms with Gasteiger partial charge in [0.15, 0.2) is 0 Å². The molecule has 0 aliphatic carbocycles. The third-order valence-corrected chi connectivity index (χ3v) is 4.01. The second-order valence-corrected chi connectivity index (χ2v) is 5.34. The summed E-state index contributed by atoms with van der Waals surface area (Å²) in [5.41, 5.74) is 4.30. The Morgan fingerprint density at radius 3 is 2.55 bits per heavy atom. The Balaban J connectivity index is 1.89. The van der Waals surface area contributed by atoms with Crippen molar-refractivity contribution in [3.63, 3.8) is 0 Å². The summed E-state index contributed by atoms with van der Waals surface area (Å²) in [5, 5.41) is 3.11. The van der Waals surface area contributed by atoms with E-state index in [4.69, 9.17) is 4.98 Å². The Hall–Kier alpha value is -2.26. The molecule has 2 aromatic carbocycles. The fraction of sp³-hybridized carbons (Fsp3) is 0.0588. The largest absolute Gasteiger partial charge is 0.264 e. The molecule has 98 valence electrons. The zero-order valence-corrected chi connectivity index (χ0v) is 11.8. The van der Waals surface area contributed by atoms with Crippen LogP contribution < -0.4 is 0 Å². The first-order valence-corrected chi connectivity index (χ1v) is 7.29. The molecule has 0 amide bonds. The van der Waals surface area contributed by atoms with Crippen LogP contribution in [0.15, 0.2) is 65.0 Å². The number of benzene rings is 2. The van der Waals surface area contributed by atoms with Gasteiger partial charge in [-0.3, -0.25) is 4.99 Å². The molecule has 0 N–H and O–H groups in total. The van der Waals surface area contributed by atoms with Crippen LogP contribution in [0.4, 0.5) is 5.69 Å². The van der Waals surface area contributed by atoms with E-state index in [2.05, 4.69) is 41.4 Å². The van der Waals surface area contributed by atoms with E-state index in [9.17, 15) is 0 Å². The number of hydrogen-bond acceptors (Lipinski definition) is 3. The Morgan fingerprint density at radius 1 is 1.00 bits per heavy atom. The molecule has 0 spiro atoms. The van der Waals surface area contributed by atoms with E-state index >= 15 is 0 Å². The zero-order chi connectivity index (χ0) is 13.8. The van der Waals surface area contributed by atoms with Crippen LogP contribution in [0.3, 0.4) is 0 Å². The van der Waals surface area contributed by atoms with Crippen molar-refractivity contribution < 1.29 is 0 Å². The van der Waals surface area contributed by atoms with E-state index < -0.39 is 0 Å². The first-order chi connectivity index (χ1) is 9.86. The highest BCUT2D eigenvalue weighted by Crippen LogP contribution is 2.32. The van der Waals surface area contributed by atoms with Crippen LogP contribution in [0.25, 0.3) is 10.6 Å². The van der Waals surface area contributed by atoms with Crippen LogP contribution in [-0.4, -0.2) is 11.7 Å². The lowest BCUT2D eigenvalue weighted by Crippen LogP contribution is -1.88. The van der Waals surface area contributed by atoms with Gasteiger partial charge in [0.05, 0.1) is 11.4 Å². The van der Waals surface area contributed by atoms with Crippen molar-refractivity contribution in [3.05, 3.63) is 71.2 Å². The van der Waals surface area contributed by atoms with Crippen LogP contribution in [0.5, 0.6) is 0 Å². The van der Waals surface area contributed by atoms with Crippen molar-refractivity contribution in [2.75, 3.05) is 0 Å². The lowest BCUT2D eigenvalue weighted by atomic mass is 10.1. The van der Waals surface area contributed by atoms with Gasteiger partial charge in [0, 0.05) is 17.4 Å². The summed E-state index contributed by atoms with van der Waals surface area (Å²) in [6.07, 6.45) is 0.862. The summed E-state index contributed by atoms with van der Waals surface area (Å²) >= 11 is 1.65. The molecule has 0 radical (unpaired) electrons. The maximum absolute atomic E-state index is 4.72. The minimum Gasteiger partial charge on any atom is -0.264 e. The SMILES string of the molecule is C=Nc1ccccc1-c1nc(Cc2ccccc2)cs1. The highest BCUT2D eigenvalue weighted by atomic mass is 32.1. The summed E-state index contributed by atoms with van der Waals surface area (Å²) < 4.78 is 0. The Bertz CT molecular complexity index is 717. The first kappa shape index (κ1) is 12.8. The van der Waals surface area contributed by atoms with Gasteiger partial charge in [-0.15, -0.1) is 11.3 Å². The highest BCUT2D eigenvalue weighted by molar-refractivity contribution is 7.13. The van der Waals surface area contributed by atoms with E-state index in [0.717, 1.165) is 28.4 Å². The number of aliphatic imine (C=N–C) groups is 1. The second kappa shape index (κ2) is 5.80. The van der Waals surface area contributed by atoms with E-state index in [1.807, 2.05) is 30.3 Å². The Morgan fingerprint density at radius 2 is 1.75 bits per heavy atom. The molecule has 3 rings (SSSR count). The maximum atomic E-state index is 4.72. The summed E-state index contributed by atoms with van der Waals surface area (Å²) in [5.74, 6) is 0. The van der Waals surface area contributed by atoms with Crippen LogP contribution in [0.1, 0.15) is 11.3 Å². The summed E-state index contributed by atoms with van der Waals surface area (Å²) in [4.78, 5) is 8.77. The number of nitrogens with zero attached hydrogens (tertiary/aromatic N) is 2. The Kier molecular flexibility index (Phi) is 3.70. The number of aromatic nitrogens is 1. The average molecular weight is 278 g/mol. The van der Waals surface area contributed by atoms with E-state index in [1.165, 1.54) is 5.56 Å². The Labute approximate surface area is 122 Å². The van der Waals surface area contributed by atoms with Gasteiger partial charge in [0.2, 0.25) is 0 Å². The van der Waals surface area contributed by atoms with Crippen molar-refractivity contribution in [2.24, 2.45) is 4.99 Å². The standard InChI is InChI=1S/C17H14N2S/c1-18-16-10-6-5-9-15(16)17-19-14(12-20-17)11-13-7-3-2-4-8-13/h2-10,12H,1,11H2. The van der Waals surface area contributed by atoms with Crippen LogP contribution >= 0.6 is 11.3 Å². The van der Waals surface area contributed by atoms with E-state index in [-0.39, 0.29) is 0 Å². The zero-order valence-electron chi connectivity index (χ0n) is 11.0. The molecule has 0 aliphatic rings. The number of para-hydroxylation sites is 1. The summed E-state index contributed by atoms with van der Waals surface area (Å²) in [6.45, 7) is 3.62. The van der Waals surface area contributed by atoms with Gasteiger partial charge in [-0.05, 0) is 24.4 Å².